The van der Waals surface area contributed by atoms with Crippen molar-refractivity contribution in [2.24, 2.45) is 11.8 Å². The molecule has 0 saturated carbocycles. The fourth-order valence-electron chi connectivity index (χ4n) is 4.64. The second kappa shape index (κ2) is 16.1. The molecule has 1 saturated heterocycles. The summed E-state index contributed by atoms with van der Waals surface area (Å²) in [5.41, 5.74) is 4.94. The van der Waals surface area contributed by atoms with E-state index < -0.39 is 36.1 Å². The van der Waals surface area contributed by atoms with Crippen molar-refractivity contribution < 1.29 is 24.3 Å². The second-order valence-corrected chi connectivity index (χ2v) is 11.1. The van der Waals surface area contributed by atoms with E-state index in [1.807, 2.05) is 45.0 Å². The summed E-state index contributed by atoms with van der Waals surface area (Å²) in [5.74, 6) is -2.28. The minimum absolute atomic E-state index is 0.215. The third-order valence-corrected chi connectivity index (χ3v) is 7.45. The maximum Gasteiger partial charge on any atom is 0.258 e. The predicted molar refractivity (Wildman–Crippen MR) is 161 cm³/mol. The van der Waals surface area contributed by atoms with E-state index >= 15 is 0 Å². The molecule has 1 aliphatic heterocycles. The highest BCUT2D eigenvalue weighted by atomic mass is 16.3. The maximum atomic E-state index is 13.2. The lowest BCUT2D eigenvalue weighted by Crippen LogP contribution is -2.62. The van der Waals surface area contributed by atoms with Gasteiger partial charge in [0.25, 0.3) is 5.91 Å². The summed E-state index contributed by atoms with van der Waals surface area (Å²) in [6.45, 7) is 16.6. The largest absolute Gasteiger partial charge is 0.443 e. The third-order valence-electron chi connectivity index (χ3n) is 7.45. The summed E-state index contributed by atoms with van der Waals surface area (Å²) in [7, 11) is 0. The van der Waals surface area contributed by atoms with Crippen LogP contribution in [0.15, 0.2) is 43.5 Å². The van der Waals surface area contributed by atoms with Crippen LogP contribution in [0.4, 0.5) is 0 Å². The lowest BCUT2D eigenvalue weighted by atomic mass is 9.97. The van der Waals surface area contributed by atoms with Gasteiger partial charge in [0, 0.05) is 13.0 Å². The molecule has 1 heterocycles. The average molecular weight is 571 g/mol. The van der Waals surface area contributed by atoms with Gasteiger partial charge in [0.1, 0.15) is 24.0 Å². The third kappa shape index (κ3) is 9.82. The molecule has 4 amide bonds. The lowest BCUT2D eigenvalue weighted by molar-refractivity contribution is -0.143. The molecule has 0 spiro atoms. The number of hydrazine groups is 1. The van der Waals surface area contributed by atoms with Crippen LogP contribution in [-0.4, -0.2) is 64.5 Å². The molecule has 0 aliphatic carbocycles. The van der Waals surface area contributed by atoms with Crippen molar-refractivity contribution in [2.75, 3.05) is 6.54 Å². The Morgan fingerprint density at radius 1 is 1.07 bits per heavy atom. The number of hydrogen-bond donors (Lipinski definition) is 4. The zero-order valence-corrected chi connectivity index (χ0v) is 25.0. The van der Waals surface area contributed by atoms with Gasteiger partial charge in [0.05, 0.1) is 6.04 Å². The van der Waals surface area contributed by atoms with Crippen LogP contribution < -0.4 is 21.4 Å². The molecule has 6 N–H and O–H groups in total. The molecule has 0 bridgehead atoms. The summed E-state index contributed by atoms with van der Waals surface area (Å²) in [5, 5.41) is 18.1. The Kier molecular flexibility index (Phi) is 13.2. The molecule has 0 radical (unpaired) electrons. The zero-order valence-electron chi connectivity index (χ0n) is 25.0. The van der Waals surface area contributed by atoms with Crippen molar-refractivity contribution >= 4 is 29.7 Å². The molecule has 0 unspecified atom stereocenters. The maximum absolute atomic E-state index is 13.2. The van der Waals surface area contributed by atoms with Gasteiger partial charge in [-0.2, -0.15) is 0 Å². The van der Waals surface area contributed by atoms with Crippen molar-refractivity contribution in [1.29, 1.82) is 0 Å². The smallest absolute Gasteiger partial charge is 0.258 e. The molecule has 1 aromatic carbocycles. The standard InChI is InChI=1S/C31H47N5O5/c1-8-10-16-26(37)20(5)28(38)34-27(19(3)4)30(40)33-22(7)31(41)36-17-12-15-25(35-36)29(39)32-21(6)24-14-11-13-23(9-2)18-24/h8-9,11,13-14,18-22,25-27,35,37H,1-2,10,12,15-17H2,3-7H3,(H,32,39)(H,33,40)(H,34,38)/p+1/t20-,21-,22+,25+,26-,27+/m1/s1. The fraction of sp³-hybridized carbons (Fsp3) is 0.548. The van der Waals surface area contributed by atoms with E-state index in [-0.39, 0.29) is 29.7 Å². The highest BCUT2D eigenvalue weighted by Gasteiger charge is 2.34. The van der Waals surface area contributed by atoms with Crippen molar-refractivity contribution in [3.63, 3.8) is 0 Å². The van der Waals surface area contributed by atoms with Crippen LogP contribution in [0, 0.1) is 11.8 Å². The van der Waals surface area contributed by atoms with Gasteiger partial charge < -0.3 is 21.1 Å². The number of benzene rings is 1. The molecule has 10 heteroatoms. The molecule has 41 heavy (non-hydrogen) atoms. The molecule has 1 aromatic rings. The summed E-state index contributed by atoms with van der Waals surface area (Å²) in [4.78, 5) is 52.1. The number of allylic oxidation sites excluding steroid dienone is 1. The second-order valence-electron chi connectivity index (χ2n) is 11.1. The van der Waals surface area contributed by atoms with Crippen molar-refractivity contribution in [3.05, 3.63) is 54.6 Å². The van der Waals surface area contributed by atoms with Crippen LogP contribution in [0.1, 0.15) is 77.5 Å². The minimum atomic E-state index is -0.885. The summed E-state index contributed by atoms with van der Waals surface area (Å²) >= 11 is 0. The zero-order chi connectivity index (χ0) is 30.7. The van der Waals surface area contributed by atoms with Crippen LogP contribution in [0.3, 0.4) is 0 Å². The van der Waals surface area contributed by atoms with Crippen molar-refractivity contribution in [1.82, 2.24) is 26.4 Å². The Bertz CT molecular complexity index is 1090. The Hall–Kier alpha value is -3.50. The molecule has 2 rings (SSSR count). The Morgan fingerprint density at radius 2 is 1.78 bits per heavy atom. The normalized spacial score (nSPS) is 18.8. The van der Waals surface area contributed by atoms with Gasteiger partial charge in [-0.25, -0.2) is 5.43 Å². The van der Waals surface area contributed by atoms with Gasteiger partial charge in [-0.15, -0.1) is 6.58 Å². The minimum Gasteiger partial charge on any atom is -0.443 e. The molecular weight excluding hydrogens is 522 g/mol. The number of carbonyl (C=O) groups excluding carboxylic acids is 4. The highest BCUT2D eigenvalue weighted by Crippen LogP contribution is 2.17. The molecule has 0 aromatic heterocycles. The van der Waals surface area contributed by atoms with Crippen LogP contribution >= 0.6 is 0 Å². The van der Waals surface area contributed by atoms with Gasteiger partial charge in [-0.1, -0.05) is 50.8 Å². The topological polar surface area (TPSA) is 143 Å². The van der Waals surface area contributed by atoms with E-state index in [4.69, 9.17) is 5.11 Å². The molecule has 1 fully saturated rings. The number of nitrogens with zero attached hydrogens (tertiary/aromatic N) is 1. The average Bonchev–Trinajstić information content (AvgIpc) is 2.97. The van der Waals surface area contributed by atoms with Crippen molar-refractivity contribution in [3.8, 4) is 0 Å². The molecule has 1 aliphatic rings. The van der Waals surface area contributed by atoms with Gasteiger partial charge in [0.15, 0.2) is 6.10 Å². The number of rotatable bonds is 14. The fourth-order valence-corrected chi connectivity index (χ4v) is 4.64. The summed E-state index contributed by atoms with van der Waals surface area (Å²) in [6.07, 6.45) is 5.19. The van der Waals surface area contributed by atoms with Gasteiger partial charge in [0.2, 0.25) is 17.7 Å². The van der Waals surface area contributed by atoms with Crippen LogP contribution in [0.5, 0.6) is 0 Å². The quantitative estimate of drug-likeness (QED) is 0.201. The molecule has 226 valence electrons. The summed E-state index contributed by atoms with van der Waals surface area (Å²) < 4.78 is 0. The van der Waals surface area contributed by atoms with Gasteiger partial charge in [-0.05, 0) is 63.1 Å². The SMILES string of the molecule is C=CCC[C@@H]([OH2+])[C@@H](C)C(=O)N[C@H](C(=O)N[C@@H](C)C(=O)N1CCC[C@@H](C(=O)N[C@H](C)c2cccc(C=C)c2)N1)C(C)C. The van der Waals surface area contributed by atoms with Gasteiger partial charge in [-0.3, -0.25) is 24.2 Å². The Labute approximate surface area is 244 Å². The Balaban J connectivity index is 1.96. The molecule has 6 atom stereocenters. The van der Waals surface area contributed by atoms with E-state index in [2.05, 4.69) is 34.5 Å². The molecular formula is C31H48N5O5+. The number of amides is 4. The van der Waals surface area contributed by atoms with Crippen molar-refractivity contribution in [2.45, 2.75) is 90.6 Å². The first-order valence-corrected chi connectivity index (χ1v) is 14.4. The summed E-state index contributed by atoms with van der Waals surface area (Å²) in [6, 6.07) is 5.19. The Morgan fingerprint density at radius 3 is 2.41 bits per heavy atom. The first-order valence-electron chi connectivity index (χ1n) is 14.4. The van der Waals surface area contributed by atoms with E-state index in [0.717, 1.165) is 11.1 Å². The number of carbonyl (C=O) groups is 4. The van der Waals surface area contributed by atoms with Crippen LogP contribution in [-0.2, 0) is 19.2 Å². The predicted octanol–water partition coefficient (Wildman–Crippen LogP) is 2.34. The first-order chi connectivity index (χ1) is 19.4. The van der Waals surface area contributed by atoms with E-state index in [1.165, 1.54) is 5.01 Å². The highest BCUT2D eigenvalue weighted by molar-refractivity contribution is 5.92. The van der Waals surface area contributed by atoms with E-state index in [9.17, 15) is 19.2 Å². The first kappa shape index (κ1) is 33.7. The van der Waals surface area contributed by atoms with E-state index in [1.54, 1.807) is 26.0 Å². The lowest BCUT2D eigenvalue weighted by Gasteiger charge is -2.35. The van der Waals surface area contributed by atoms with Crippen LogP contribution in [0.25, 0.3) is 6.08 Å². The van der Waals surface area contributed by atoms with Gasteiger partial charge >= 0.3 is 0 Å². The number of hydrogen-bond acceptors (Lipinski definition) is 5. The monoisotopic (exact) mass is 570 g/mol. The van der Waals surface area contributed by atoms with Crippen LogP contribution in [0.2, 0.25) is 0 Å². The molecule has 10 nitrogen and oxygen atoms in total. The van der Waals surface area contributed by atoms with E-state index in [0.29, 0.717) is 32.2 Å². The number of nitrogens with one attached hydrogen (secondary N) is 4.